The third-order valence-electron chi connectivity index (χ3n) is 5.43. The Morgan fingerprint density at radius 1 is 0.970 bits per heavy atom. The second kappa shape index (κ2) is 9.03. The molecule has 4 aromatic rings. The molecule has 2 aromatic carbocycles. The highest BCUT2D eigenvalue weighted by atomic mass is 32.2. The van der Waals surface area contributed by atoms with Crippen LogP contribution in [0.2, 0.25) is 0 Å². The predicted octanol–water partition coefficient (Wildman–Crippen LogP) is 2.76. The molecule has 1 amide bonds. The zero-order valence-corrected chi connectivity index (χ0v) is 19.6. The standard InChI is InChI=1S/C24H23N5O3S/c1-15-10-12-16(13-11-15)20-25-21-19(23(31)29(4)24(32)28(21)3)22(26-20)33-14-18(30)27(2)17-8-6-5-7-9-17/h5-13H,14H2,1-4H3. The maximum Gasteiger partial charge on any atom is 0.332 e. The van der Waals surface area contributed by atoms with Crippen molar-refractivity contribution in [3.8, 4) is 11.4 Å². The molecule has 33 heavy (non-hydrogen) atoms. The van der Waals surface area contributed by atoms with E-state index in [0.717, 1.165) is 33.1 Å². The van der Waals surface area contributed by atoms with Crippen molar-refractivity contribution in [3.63, 3.8) is 0 Å². The molecule has 0 bridgehead atoms. The molecule has 0 aliphatic carbocycles. The van der Waals surface area contributed by atoms with Gasteiger partial charge in [0.15, 0.2) is 11.5 Å². The summed E-state index contributed by atoms with van der Waals surface area (Å²) in [6.45, 7) is 1.98. The van der Waals surface area contributed by atoms with Crippen LogP contribution in [0.25, 0.3) is 22.4 Å². The fourth-order valence-electron chi connectivity index (χ4n) is 3.39. The number of hydrogen-bond donors (Lipinski definition) is 0. The maximum atomic E-state index is 13.0. The molecule has 4 rings (SSSR count). The number of anilines is 1. The Bertz CT molecular complexity index is 1460. The minimum absolute atomic E-state index is 0.0663. The van der Waals surface area contributed by atoms with Crippen LogP contribution in [0.4, 0.5) is 5.69 Å². The van der Waals surface area contributed by atoms with Gasteiger partial charge >= 0.3 is 5.69 Å². The van der Waals surface area contributed by atoms with E-state index in [9.17, 15) is 14.4 Å². The van der Waals surface area contributed by atoms with Crippen LogP contribution >= 0.6 is 11.8 Å². The number of nitrogens with zero attached hydrogens (tertiary/aromatic N) is 5. The summed E-state index contributed by atoms with van der Waals surface area (Å²) in [5.41, 5.74) is 1.89. The largest absolute Gasteiger partial charge is 0.332 e. The number of benzene rings is 2. The van der Waals surface area contributed by atoms with Crippen molar-refractivity contribution in [2.45, 2.75) is 11.9 Å². The summed E-state index contributed by atoms with van der Waals surface area (Å²) in [6.07, 6.45) is 0. The van der Waals surface area contributed by atoms with Gasteiger partial charge in [-0.25, -0.2) is 14.8 Å². The van der Waals surface area contributed by atoms with Gasteiger partial charge in [-0.1, -0.05) is 59.8 Å². The summed E-state index contributed by atoms with van der Waals surface area (Å²) in [7, 11) is 4.69. The SMILES string of the molecule is Cc1ccc(-c2nc(SCC(=O)N(C)c3ccccc3)c3c(=O)n(C)c(=O)n(C)c3n2)cc1. The molecule has 2 aromatic heterocycles. The number of aryl methyl sites for hydroxylation is 2. The van der Waals surface area contributed by atoms with Crippen molar-refractivity contribution in [2.75, 3.05) is 17.7 Å². The van der Waals surface area contributed by atoms with E-state index in [2.05, 4.69) is 9.97 Å². The smallest absolute Gasteiger partial charge is 0.315 e. The number of thioether (sulfide) groups is 1. The summed E-state index contributed by atoms with van der Waals surface area (Å²) >= 11 is 1.16. The summed E-state index contributed by atoms with van der Waals surface area (Å²) in [5.74, 6) is 0.310. The van der Waals surface area contributed by atoms with Gasteiger partial charge in [0.1, 0.15) is 10.4 Å². The third-order valence-corrected chi connectivity index (χ3v) is 6.39. The van der Waals surface area contributed by atoms with E-state index in [1.807, 2.05) is 61.5 Å². The van der Waals surface area contributed by atoms with E-state index in [4.69, 9.17) is 0 Å². The van der Waals surface area contributed by atoms with Gasteiger partial charge in [0.25, 0.3) is 5.56 Å². The van der Waals surface area contributed by atoms with Crippen molar-refractivity contribution in [1.82, 2.24) is 19.1 Å². The highest BCUT2D eigenvalue weighted by Crippen LogP contribution is 2.27. The molecule has 0 spiro atoms. The predicted molar refractivity (Wildman–Crippen MR) is 131 cm³/mol. The average Bonchev–Trinajstić information content (AvgIpc) is 2.84. The summed E-state index contributed by atoms with van der Waals surface area (Å²) < 4.78 is 2.36. The van der Waals surface area contributed by atoms with Crippen LogP contribution in [0, 0.1) is 6.92 Å². The zero-order valence-electron chi connectivity index (χ0n) is 18.8. The Balaban J connectivity index is 1.80. The quantitative estimate of drug-likeness (QED) is 0.335. The van der Waals surface area contributed by atoms with E-state index in [-0.39, 0.29) is 22.7 Å². The normalized spacial score (nSPS) is 11.0. The van der Waals surface area contributed by atoms with Crippen molar-refractivity contribution in [3.05, 3.63) is 81.0 Å². The van der Waals surface area contributed by atoms with E-state index < -0.39 is 11.2 Å². The zero-order chi connectivity index (χ0) is 23.7. The van der Waals surface area contributed by atoms with Crippen LogP contribution in [0.1, 0.15) is 5.56 Å². The molecule has 0 radical (unpaired) electrons. The fourth-order valence-corrected chi connectivity index (χ4v) is 4.32. The Morgan fingerprint density at radius 3 is 2.30 bits per heavy atom. The Hall–Kier alpha value is -3.72. The lowest BCUT2D eigenvalue weighted by Gasteiger charge is -2.17. The van der Waals surface area contributed by atoms with Gasteiger partial charge < -0.3 is 4.90 Å². The molecule has 0 saturated carbocycles. The Kier molecular flexibility index (Phi) is 6.15. The first-order valence-electron chi connectivity index (χ1n) is 10.3. The number of amides is 1. The monoisotopic (exact) mass is 461 g/mol. The first-order valence-corrected chi connectivity index (χ1v) is 11.3. The second-order valence-corrected chi connectivity index (χ2v) is 8.66. The Labute approximate surface area is 194 Å². The molecule has 0 saturated heterocycles. The fraction of sp³-hybridized carbons (Fsp3) is 0.208. The lowest BCUT2D eigenvalue weighted by atomic mass is 10.1. The molecule has 2 heterocycles. The number of rotatable bonds is 5. The summed E-state index contributed by atoms with van der Waals surface area (Å²) in [4.78, 5) is 49.1. The molecule has 9 heteroatoms. The van der Waals surface area contributed by atoms with Gasteiger partial charge in [-0.15, -0.1) is 0 Å². The minimum atomic E-state index is -0.491. The Morgan fingerprint density at radius 2 is 1.64 bits per heavy atom. The first-order chi connectivity index (χ1) is 15.8. The van der Waals surface area contributed by atoms with Gasteiger partial charge in [0.2, 0.25) is 5.91 Å². The molecular formula is C24H23N5O3S. The lowest BCUT2D eigenvalue weighted by Crippen LogP contribution is -2.37. The number of aromatic nitrogens is 4. The average molecular weight is 462 g/mol. The minimum Gasteiger partial charge on any atom is -0.315 e. The van der Waals surface area contributed by atoms with Gasteiger partial charge in [0.05, 0.1) is 5.75 Å². The van der Waals surface area contributed by atoms with Crippen LogP contribution in [-0.2, 0) is 18.9 Å². The van der Waals surface area contributed by atoms with Gasteiger partial charge in [-0.3, -0.25) is 18.7 Å². The van der Waals surface area contributed by atoms with E-state index in [0.29, 0.717) is 10.9 Å². The maximum absolute atomic E-state index is 13.0. The van der Waals surface area contributed by atoms with Crippen LogP contribution in [0.5, 0.6) is 0 Å². The highest BCUT2D eigenvalue weighted by molar-refractivity contribution is 8.00. The number of para-hydroxylation sites is 1. The molecule has 0 atom stereocenters. The van der Waals surface area contributed by atoms with Gasteiger partial charge in [0, 0.05) is 32.4 Å². The number of fused-ring (bicyclic) bond motifs is 1. The van der Waals surface area contributed by atoms with Crippen molar-refractivity contribution >= 4 is 34.4 Å². The second-order valence-electron chi connectivity index (χ2n) is 7.70. The number of carbonyl (C=O) groups excluding carboxylic acids is 1. The van der Waals surface area contributed by atoms with Crippen LogP contribution < -0.4 is 16.1 Å². The first kappa shape index (κ1) is 22.5. The van der Waals surface area contributed by atoms with Gasteiger partial charge in [-0.2, -0.15) is 0 Å². The van der Waals surface area contributed by atoms with Crippen LogP contribution in [-0.4, -0.2) is 37.8 Å². The molecule has 168 valence electrons. The van der Waals surface area contributed by atoms with Crippen molar-refractivity contribution in [1.29, 1.82) is 0 Å². The molecular weight excluding hydrogens is 438 g/mol. The molecule has 8 nitrogen and oxygen atoms in total. The van der Waals surface area contributed by atoms with Crippen LogP contribution in [0.3, 0.4) is 0 Å². The molecule has 0 N–H and O–H groups in total. The van der Waals surface area contributed by atoms with E-state index in [1.165, 1.54) is 11.6 Å². The molecule has 0 aliphatic rings. The summed E-state index contributed by atoms with van der Waals surface area (Å²) in [5, 5.41) is 0.581. The highest BCUT2D eigenvalue weighted by Gasteiger charge is 2.20. The molecule has 0 unspecified atom stereocenters. The summed E-state index contributed by atoms with van der Waals surface area (Å²) in [6, 6.07) is 17.0. The topological polar surface area (TPSA) is 90.1 Å². The van der Waals surface area contributed by atoms with Crippen LogP contribution in [0.15, 0.2) is 69.2 Å². The molecule has 0 fully saturated rings. The van der Waals surface area contributed by atoms with Gasteiger partial charge in [-0.05, 0) is 19.1 Å². The van der Waals surface area contributed by atoms with Crippen molar-refractivity contribution < 1.29 is 4.79 Å². The van der Waals surface area contributed by atoms with E-state index >= 15 is 0 Å². The number of carbonyl (C=O) groups is 1. The third kappa shape index (κ3) is 4.31. The lowest BCUT2D eigenvalue weighted by molar-refractivity contribution is -0.115. The van der Waals surface area contributed by atoms with E-state index in [1.54, 1.807) is 19.0 Å². The molecule has 0 aliphatic heterocycles. The number of hydrogen-bond acceptors (Lipinski definition) is 6. The van der Waals surface area contributed by atoms with Crippen molar-refractivity contribution in [2.24, 2.45) is 14.1 Å².